The number of amides is 3. The minimum Gasteiger partial charge on any atom is -0.382 e. The van der Waals surface area contributed by atoms with Gasteiger partial charge in [-0.1, -0.05) is 29.3 Å². The summed E-state index contributed by atoms with van der Waals surface area (Å²) in [6, 6.07) is 11.0. The van der Waals surface area contributed by atoms with Crippen LogP contribution in [-0.2, 0) is 0 Å². The molecule has 3 amide bonds. The topological polar surface area (TPSA) is 157 Å². The fourth-order valence-electron chi connectivity index (χ4n) is 3.80. The molecule has 1 aliphatic heterocycles. The summed E-state index contributed by atoms with van der Waals surface area (Å²) in [5.41, 5.74) is 14.0. The van der Waals surface area contributed by atoms with E-state index in [-0.39, 0.29) is 23.7 Å². The predicted molar refractivity (Wildman–Crippen MR) is 135 cm³/mol. The van der Waals surface area contributed by atoms with Crippen LogP contribution in [0, 0.1) is 0 Å². The first-order chi connectivity index (χ1) is 16.8. The molecule has 0 radical (unpaired) electrons. The van der Waals surface area contributed by atoms with E-state index in [0.717, 1.165) is 0 Å². The first kappa shape index (κ1) is 22.7. The number of anilines is 4. The standard InChI is InChI=1S/C22H19Cl2N9O2/c23-15-5-4-13(7-16(15)24)29-22(35)28-12-3-1-2-11(6-12)20(34)32-8-14(9-32)33-10-27-17-18(25)30-21(26)31-19(17)33/h1-7,10,14H,8-9H2,(H2,28,29,35)(H4,25,26,30,31). The Labute approximate surface area is 209 Å². The summed E-state index contributed by atoms with van der Waals surface area (Å²) >= 11 is 11.9. The molecule has 2 aromatic carbocycles. The number of nitrogens with zero attached hydrogens (tertiary/aromatic N) is 5. The van der Waals surface area contributed by atoms with Crippen LogP contribution in [-0.4, -0.2) is 49.4 Å². The third kappa shape index (κ3) is 4.51. The molecule has 0 aliphatic carbocycles. The second kappa shape index (κ2) is 8.93. The van der Waals surface area contributed by atoms with Crippen molar-refractivity contribution in [3.63, 3.8) is 0 Å². The number of urea groups is 1. The number of fused-ring (bicyclic) bond motifs is 1. The molecule has 178 valence electrons. The van der Waals surface area contributed by atoms with E-state index < -0.39 is 6.03 Å². The van der Waals surface area contributed by atoms with E-state index in [1.807, 2.05) is 4.57 Å². The molecule has 0 spiro atoms. The van der Waals surface area contributed by atoms with Crippen LogP contribution in [0.4, 0.5) is 27.9 Å². The highest BCUT2D eigenvalue weighted by Crippen LogP contribution is 2.28. The van der Waals surface area contributed by atoms with Gasteiger partial charge >= 0.3 is 6.03 Å². The summed E-state index contributed by atoms with van der Waals surface area (Å²) in [4.78, 5) is 39.5. The van der Waals surface area contributed by atoms with Crippen molar-refractivity contribution in [2.45, 2.75) is 6.04 Å². The zero-order valence-corrected chi connectivity index (χ0v) is 19.6. The van der Waals surface area contributed by atoms with Gasteiger partial charge in [0.25, 0.3) is 5.91 Å². The van der Waals surface area contributed by atoms with E-state index in [2.05, 4.69) is 25.6 Å². The maximum Gasteiger partial charge on any atom is 0.323 e. The zero-order chi connectivity index (χ0) is 24.7. The smallest absolute Gasteiger partial charge is 0.323 e. The van der Waals surface area contributed by atoms with E-state index in [1.165, 1.54) is 0 Å². The van der Waals surface area contributed by atoms with Gasteiger partial charge < -0.3 is 31.6 Å². The number of likely N-dealkylation sites (tertiary alicyclic amines) is 1. The quantitative estimate of drug-likeness (QED) is 0.325. The van der Waals surface area contributed by atoms with Crippen molar-refractivity contribution in [3.8, 4) is 0 Å². The Kier molecular flexibility index (Phi) is 5.79. The molecule has 0 bridgehead atoms. The highest BCUT2D eigenvalue weighted by atomic mass is 35.5. The summed E-state index contributed by atoms with van der Waals surface area (Å²) in [5.74, 6) is 0.121. The summed E-state index contributed by atoms with van der Waals surface area (Å²) in [6.45, 7) is 0.924. The van der Waals surface area contributed by atoms with Gasteiger partial charge in [0.05, 0.1) is 22.4 Å². The average molecular weight is 512 g/mol. The lowest BCUT2D eigenvalue weighted by Gasteiger charge is -2.40. The normalized spacial score (nSPS) is 13.5. The molecule has 13 heteroatoms. The first-order valence-corrected chi connectivity index (χ1v) is 11.2. The van der Waals surface area contributed by atoms with E-state index >= 15 is 0 Å². The van der Waals surface area contributed by atoms with Crippen LogP contribution in [0.1, 0.15) is 16.4 Å². The number of halogens is 2. The van der Waals surface area contributed by atoms with Crippen molar-refractivity contribution in [2.75, 3.05) is 35.2 Å². The highest BCUT2D eigenvalue weighted by molar-refractivity contribution is 6.42. The van der Waals surface area contributed by atoms with Crippen LogP contribution >= 0.6 is 23.2 Å². The lowest BCUT2D eigenvalue weighted by molar-refractivity contribution is 0.0525. The molecule has 5 rings (SSSR count). The number of nitrogen functional groups attached to an aromatic ring is 2. The molecule has 0 unspecified atom stereocenters. The number of benzene rings is 2. The lowest BCUT2D eigenvalue weighted by Crippen LogP contribution is -2.50. The van der Waals surface area contributed by atoms with Gasteiger partial charge in [0.1, 0.15) is 5.52 Å². The van der Waals surface area contributed by atoms with E-state index in [9.17, 15) is 9.59 Å². The fourth-order valence-corrected chi connectivity index (χ4v) is 4.10. The Morgan fingerprint density at radius 3 is 2.46 bits per heavy atom. The Balaban J connectivity index is 1.23. The number of nitrogens with one attached hydrogen (secondary N) is 2. The third-order valence-electron chi connectivity index (χ3n) is 5.55. The molecule has 6 N–H and O–H groups in total. The number of carbonyl (C=O) groups is 2. The van der Waals surface area contributed by atoms with Gasteiger partial charge in [0.2, 0.25) is 5.95 Å². The maximum absolute atomic E-state index is 13.0. The van der Waals surface area contributed by atoms with Crippen molar-refractivity contribution in [3.05, 3.63) is 64.4 Å². The van der Waals surface area contributed by atoms with Gasteiger partial charge in [-0.15, -0.1) is 0 Å². The van der Waals surface area contributed by atoms with Crippen LogP contribution in [0.15, 0.2) is 48.8 Å². The van der Waals surface area contributed by atoms with Crippen molar-refractivity contribution >= 4 is 69.4 Å². The molecule has 2 aromatic heterocycles. The Hall–Kier alpha value is -4.09. The molecule has 3 heterocycles. The number of nitrogens with two attached hydrogens (primary N) is 2. The van der Waals surface area contributed by atoms with Crippen molar-refractivity contribution in [1.82, 2.24) is 24.4 Å². The van der Waals surface area contributed by atoms with Crippen molar-refractivity contribution in [2.24, 2.45) is 0 Å². The minimum atomic E-state index is -0.482. The Morgan fingerprint density at radius 2 is 1.71 bits per heavy atom. The van der Waals surface area contributed by atoms with E-state index in [0.29, 0.717) is 51.2 Å². The van der Waals surface area contributed by atoms with Crippen LogP contribution in [0.2, 0.25) is 10.0 Å². The monoisotopic (exact) mass is 511 g/mol. The van der Waals surface area contributed by atoms with Gasteiger partial charge in [-0.25, -0.2) is 9.78 Å². The second-order valence-corrected chi connectivity index (χ2v) is 8.76. The van der Waals surface area contributed by atoms with Gasteiger partial charge in [0, 0.05) is 30.0 Å². The molecule has 1 saturated heterocycles. The van der Waals surface area contributed by atoms with E-state index in [4.69, 9.17) is 34.7 Å². The molecule has 4 aromatic rings. The summed E-state index contributed by atoms with van der Waals surface area (Å²) in [6.07, 6.45) is 1.62. The SMILES string of the molecule is Nc1nc(N)c2ncn(C3CN(C(=O)c4cccc(NC(=O)Nc5ccc(Cl)c(Cl)c5)c4)C3)c2n1. The van der Waals surface area contributed by atoms with Crippen LogP contribution in [0.25, 0.3) is 11.2 Å². The molecule has 0 saturated carbocycles. The van der Waals surface area contributed by atoms with E-state index in [1.54, 1.807) is 53.7 Å². The minimum absolute atomic E-state index is 0.0177. The molecular weight excluding hydrogens is 493 g/mol. The predicted octanol–water partition coefficient (Wildman–Crippen LogP) is 3.64. The summed E-state index contributed by atoms with van der Waals surface area (Å²) < 4.78 is 1.85. The van der Waals surface area contributed by atoms with Crippen molar-refractivity contribution < 1.29 is 9.59 Å². The number of aromatic nitrogens is 4. The van der Waals surface area contributed by atoms with Gasteiger partial charge in [-0.3, -0.25) is 4.79 Å². The lowest BCUT2D eigenvalue weighted by atomic mass is 10.1. The van der Waals surface area contributed by atoms with Gasteiger partial charge in [0.15, 0.2) is 11.5 Å². The number of carbonyl (C=O) groups excluding carboxylic acids is 2. The molecule has 35 heavy (non-hydrogen) atoms. The second-order valence-electron chi connectivity index (χ2n) is 7.94. The largest absolute Gasteiger partial charge is 0.382 e. The van der Waals surface area contributed by atoms with Gasteiger partial charge in [-0.05, 0) is 36.4 Å². The molecule has 1 fully saturated rings. The average Bonchev–Trinajstić information content (AvgIpc) is 3.19. The van der Waals surface area contributed by atoms with Crippen molar-refractivity contribution in [1.29, 1.82) is 0 Å². The Bertz CT molecular complexity index is 1470. The highest BCUT2D eigenvalue weighted by Gasteiger charge is 2.34. The number of hydrogen-bond acceptors (Lipinski definition) is 7. The van der Waals surface area contributed by atoms with Crippen LogP contribution < -0.4 is 22.1 Å². The first-order valence-electron chi connectivity index (χ1n) is 10.5. The maximum atomic E-state index is 13.0. The number of rotatable bonds is 4. The number of imidazole rings is 1. The van der Waals surface area contributed by atoms with Gasteiger partial charge in [-0.2, -0.15) is 9.97 Å². The summed E-state index contributed by atoms with van der Waals surface area (Å²) in [7, 11) is 0. The fraction of sp³-hybridized carbons (Fsp3) is 0.136. The van der Waals surface area contributed by atoms with Crippen LogP contribution in [0.5, 0.6) is 0 Å². The molecule has 11 nitrogen and oxygen atoms in total. The molecular formula is C22H19Cl2N9O2. The van der Waals surface area contributed by atoms with Crippen LogP contribution in [0.3, 0.4) is 0 Å². The summed E-state index contributed by atoms with van der Waals surface area (Å²) in [5, 5.41) is 6.10. The molecule has 1 aliphatic rings. The molecule has 0 atom stereocenters. The third-order valence-corrected chi connectivity index (χ3v) is 6.29. The Morgan fingerprint density at radius 1 is 0.971 bits per heavy atom. The number of hydrogen-bond donors (Lipinski definition) is 4. The zero-order valence-electron chi connectivity index (χ0n) is 18.1.